The molecular formula is C19H25FN4O2. The van der Waals surface area contributed by atoms with E-state index in [4.69, 9.17) is 4.74 Å². The van der Waals surface area contributed by atoms with E-state index in [1.54, 1.807) is 11.0 Å². The van der Waals surface area contributed by atoms with Crippen LogP contribution in [-0.4, -0.2) is 72.4 Å². The number of piperazine rings is 1. The summed E-state index contributed by atoms with van der Waals surface area (Å²) in [5.74, 6) is 0.275. The molecule has 0 radical (unpaired) electrons. The summed E-state index contributed by atoms with van der Waals surface area (Å²) >= 11 is 0. The smallest absolute Gasteiger partial charge is 0.409 e. The zero-order valence-electron chi connectivity index (χ0n) is 15.1. The van der Waals surface area contributed by atoms with Gasteiger partial charge in [0.25, 0.3) is 0 Å². The molecule has 1 aromatic heterocycles. The molecule has 7 heteroatoms. The van der Waals surface area contributed by atoms with Gasteiger partial charge in [0.1, 0.15) is 5.82 Å². The molecule has 26 heavy (non-hydrogen) atoms. The molecule has 0 bridgehead atoms. The standard InChI is InChI=1S/C19H25FN4O2/c1-26-19(25)22-8-10-24(11-9-22)23-6-4-14(5-7-23)17-13-21-18-3-2-15(20)12-16(17)18/h2-3,12-14,21H,4-11H2,1H3. The van der Waals surface area contributed by atoms with Crippen molar-refractivity contribution >= 4 is 17.0 Å². The largest absolute Gasteiger partial charge is 0.453 e. The lowest BCUT2D eigenvalue weighted by Crippen LogP contribution is -2.56. The van der Waals surface area contributed by atoms with E-state index >= 15 is 0 Å². The normalized spacial score (nSPS) is 20.6. The average molecular weight is 360 g/mol. The van der Waals surface area contributed by atoms with Crippen LogP contribution in [0.5, 0.6) is 0 Å². The first-order chi connectivity index (χ1) is 12.7. The molecule has 1 N–H and O–H groups in total. The van der Waals surface area contributed by atoms with Gasteiger partial charge in [-0.25, -0.2) is 19.2 Å². The summed E-state index contributed by atoms with van der Waals surface area (Å²) < 4.78 is 18.4. The molecule has 1 amide bonds. The van der Waals surface area contributed by atoms with Crippen LogP contribution in [0.4, 0.5) is 9.18 Å². The minimum atomic E-state index is -0.241. The SMILES string of the molecule is COC(=O)N1CCN(N2CCC(c3c[nH]c4ccc(F)cc34)CC2)CC1. The van der Waals surface area contributed by atoms with Crippen LogP contribution in [0, 0.1) is 5.82 Å². The number of hydrogen-bond acceptors (Lipinski definition) is 4. The minimum Gasteiger partial charge on any atom is -0.453 e. The van der Waals surface area contributed by atoms with Crippen LogP contribution < -0.4 is 0 Å². The van der Waals surface area contributed by atoms with E-state index in [2.05, 4.69) is 15.0 Å². The fourth-order valence-corrected chi connectivity index (χ4v) is 4.20. The molecule has 0 spiro atoms. The zero-order valence-corrected chi connectivity index (χ0v) is 15.1. The Morgan fingerprint density at radius 3 is 2.50 bits per heavy atom. The van der Waals surface area contributed by atoms with Crippen molar-refractivity contribution < 1.29 is 13.9 Å². The number of aromatic amines is 1. The van der Waals surface area contributed by atoms with Crippen molar-refractivity contribution in [2.24, 2.45) is 0 Å². The molecule has 0 saturated carbocycles. The number of carbonyl (C=O) groups is 1. The number of H-pyrrole nitrogens is 1. The molecule has 140 valence electrons. The Bertz CT molecular complexity index is 777. The fraction of sp³-hybridized carbons (Fsp3) is 0.526. The predicted molar refractivity (Wildman–Crippen MR) is 97.4 cm³/mol. The molecule has 4 rings (SSSR count). The van der Waals surface area contributed by atoms with Gasteiger partial charge in [0.15, 0.2) is 0 Å². The third-order valence-corrected chi connectivity index (χ3v) is 5.68. The van der Waals surface area contributed by atoms with Crippen LogP contribution in [-0.2, 0) is 4.74 Å². The zero-order chi connectivity index (χ0) is 18.1. The second kappa shape index (κ2) is 7.25. The van der Waals surface area contributed by atoms with E-state index in [0.717, 1.165) is 49.9 Å². The highest BCUT2D eigenvalue weighted by atomic mass is 19.1. The molecule has 2 aliphatic heterocycles. The summed E-state index contributed by atoms with van der Waals surface area (Å²) in [6, 6.07) is 4.95. The third kappa shape index (κ3) is 3.29. The number of aromatic nitrogens is 1. The first-order valence-electron chi connectivity index (χ1n) is 9.25. The molecular weight excluding hydrogens is 335 g/mol. The van der Waals surface area contributed by atoms with E-state index in [-0.39, 0.29) is 11.9 Å². The monoisotopic (exact) mass is 360 g/mol. The number of halogens is 1. The van der Waals surface area contributed by atoms with Gasteiger partial charge in [-0.1, -0.05) is 0 Å². The Hall–Kier alpha value is -2.12. The van der Waals surface area contributed by atoms with E-state index < -0.39 is 0 Å². The highest BCUT2D eigenvalue weighted by Gasteiger charge is 2.29. The lowest BCUT2D eigenvalue weighted by atomic mass is 9.89. The van der Waals surface area contributed by atoms with Crippen LogP contribution in [0.3, 0.4) is 0 Å². The predicted octanol–water partition coefficient (Wildman–Crippen LogP) is 2.79. The lowest BCUT2D eigenvalue weighted by Gasteiger charge is -2.43. The summed E-state index contributed by atoms with van der Waals surface area (Å²) in [6.07, 6.45) is 3.91. The summed E-state index contributed by atoms with van der Waals surface area (Å²) in [7, 11) is 1.43. The van der Waals surface area contributed by atoms with Crippen molar-refractivity contribution in [1.29, 1.82) is 0 Å². The molecule has 0 unspecified atom stereocenters. The van der Waals surface area contributed by atoms with Crippen molar-refractivity contribution in [3.8, 4) is 0 Å². The van der Waals surface area contributed by atoms with Crippen molar-refractivity contribution in [3.05, 3.63) is 35.8 Å². The number of methoxy groups -OCH3 is 1. The van der Waals surface area contributed by atoms with Gasteiger partial charge < -0.3 is 14.6 Å². The number of carbonyl (C=O) groups excluding carboxylic acids is 1. The number of rotatable bonds is 2. The van der Waals surface area contributed by atoms with Crippen LogP contribution in [0.25, 0.3) is 10.9 Å². The van der Waals surface area contributed by atoms with E-state index in [1.165, 1.54) is 18.7 Å². The summed E-state index contributed by atoms with van der Waals surface area (Å²) in [5, 5.41) is 5.76. The number of fused-ring (bicyclic) bond motifs is 1. The van der Waals surface area contributed by atoms with Gasteiger partial charge in [-0.15, -0.1) is 0 Å². The Morgan fingerprint density at radius 1 is 1.12 bits per heavy atom. The summed E-state index contributed by atoms with van der Waals surface area (Å²) in [4.78, 5) is 16.6. The number of piperidine rings is 1. The van der Waals surface area contributed by atoms with Crippen LogP contribution >= 0.6 is 0 Å². The van der Waals surface area contributed by atoms with Gasteiger partial charge in [0.05, 0.1) is 7.11 Å². The van der Waals surface area contributed by atoms with Gasteiger partial charge in [-0.2, -0.15) is 0 Å². The Morgan fingerprint density at radius 2 is 1.81 bits per heavy atom. The van der Waals surface area contributed by atoms with E-state index in [1.807, 2.05) is 12.3 Å². The minimum absolute atomic E-state index is 0.181. The number of benzene rings is 1. The first-order valence-corrected chi connectivity index (χ1v) is 9.25. The Kier molecular flexibility index (Phi) is 4.82. The van der Waals surface area contributed by atoms with Crippen molar-refractivity contribution in [2.45, 2.75) is 18.8 Å². The molecule has 6 nitrogen and oxygen atoms in total. The van der Waals surface area contributed by atoms with Crippen LogP contribution in [0.15, 0.2) is 24.4 Å². The topological polar surface area (TPSA) is 51.8 Å². The molecule has 3 heterocycles. The second-order valence-corrected chi connectivity index (χ2v) is 7.07. The summed E-state index contributed by atoms with van der Waals surface area (Å²) in [6.45, 7) is 5.08. The number of nitrogens with zero attached hydrogens (tertiary/aromatic N) is 3. The van der Waals surface area contributed by atoms with Gasteiger partial charge in [-0.05, 0) is 42.5 Å². The van der Waals surface area contributed by atoms with Gasteiger partial charge in [0, 0.05) is 56.4 Å². The van der Waals surface area contributed by atoms with Gasteiger partial charge in [-0.3, -0.25) is 0 Å². The summed E-state index contributed by atoms with van der Waals surface area (Å²) in [5.41, 5.74) is 2.23. The molecule has 0 aliphatic carbocycles. The van der Waals surface area contributed by atoms with Gasteiger partial charge >= 0.3 is 6.09 Å². The molecule has 1 aromatic carbocycles. The highest BCUT2D eigenvalue weighted by molar-refractivity contribution is 5.83. The Balaban J connectivity index is 1.36. The molecule has 2 fully saturated rings. The van der Waals surface area contributed by atoms with Crippen LogP contribution in [0.1, 0.15) is 24.3 Å². The van der Waals surface area contributed by atoms with Crippen molar-refractivity contribution in [1.82, 2.24) is 19.9 Å². The number of amides is 1. The fourth-order valence-electron chi connectivity index (χ4n) is 4.20. The second-order valence-electron chi connectivity index (χ2n) is 7.07. The number of nitrogens with one attached hydrogen (secondary N) is 1. The average Bonchev–Trinajstić information content (AvgIpc) is 3.10. The van der Waals surface area contributed by atoms with Crippen molar-refractivity contribution in [3.63, 3.8) is 0 Å². The quantitative estimate of drug-likeness (QED) is 0.895. The molecule has 2 saturated heterocycles. The van der Waals surface area contributed by atoms with Gasteiger partial charge in [0.2, 0.25) is 0 Å². The van der Waals surface area contributed by atoms with E-state index in [0.29, 0.717) is 19.0 Å². The number of hydrogen-bond donors (Lipinski definition) is 1. The first kappa shape index (κ1) is 17.3. The van der Waals surface area contributed by atoms with E-state index in [9.17, 15) is 9.18 Å². The molecule has 0 atom stereocenters. The third-order valence-electron chi connectivity index (χ3n) is 5.68. The van der Waals surface area contributed by atoms with Crippen LogP contribution in [0.2, 0.25) is 0 Å². The number of hydrazine groups is 1. The Labute approximate surface area is 152 Å². The molecule has 2 aliphatic rings. The number of ether oxygens (including phenoxy) is 1. The lowest BCUT2D eigenvalue weighted by molar-refractivity contribution is -0.0679. The maximum atomic E-state index is 13.6. The highest BCUT2D eigenvalue weighted by Crippen LogP contribution is 2.34. The molecule has 2 aromatic rings. The maximum Gasteiger partial charge on any atom is 0.409 e. The van der Waals surface area contributed by atoms with Crippen molar-refractivity contribution in [2.75, 3.05) is 46.4 Å². The maximum absolute atomic E-state index is 13.6.